The van der Waals surface area contributed by atoms with Gasteiger partial charge in [-0.2, -0.15) is 0 Å². The third kappa shape index (κ3) is 2.67. The van der Waals surface area contributed by atoms with E-state index in [0.29, 0.717) is 12.0 Å². The van der Waals surface area contributed by atoms with Gasteiger partial charge in [0.05, 0.1) is 18.2 Å². The van der Waals surface area contributed by atoms with E-state index in [0.717, 1.165) is 17.6 Å². The number of nitrogens with one attached hydrogen (secondary N) is 1. The molecule has 0 bridgehead atoms. The Morgan fingerprint density at radius 1 is 1.40 bits per heavy atom. The third-order valence-electron chi connectivity index (χ3n) is 4.27. The summed E-state index contributed by atoms with van der Waals surface area (Å²) in [6.07, 6.45) is 6.50. The lowest BCUT2D eigenvalue weighted by molar-refractivity contribution is 0.281. The van der Waals surface area contributed by atoms with Crippen LogP contribution in [0.4, 0.5) is 0 Å². The Morgan fingerprint density at radius 2 is 2.25 bits per heavy atom. The average molecular weight is 334 g/mol. The average Bonchev–Trinajstić information content (AvgIpc) is 2.97. The number of benzene rings is 1. The van der Waals surface area contributed by atoms with E-state index in [-0.39, 0.29) is 0 Å². The molecule has 1 aromatic carbocycles. The Morgan fingerprint density at radius 3 is 3.00 bits per heavy atom. The maximum Gasteiger partial charge on any atom is 0.0953 e. The summed E-state index contributed by atoms with van der Waals surface area (Å²) in [5.74, 6) is 0.680. The Hall–Kier alpha value is -1.13. The molecule has 2 aromatic rings. The topological polar surface area (TPSA) is 29.9 Å². The quantitative estimate of drug-likeness (QED) is 0.923. The first-order valence-corrected chi connectivity index (χ1v) is 8.04. The largest absolute Gasteiger partial charge is 0.327 e. The summed E-state index contributed by atoms with van der Waals surface area (Å²) >= 11 is 3.64. The van der Waals surface area contributed by atoms with Gasteiger partial charge in [-0.25, -0.2) is 4.98 Å². The number of nitrogens with zero attached hydrogens (tertiary/aromatic N) is 2. The van der Waals surface area contributed by atoms with Crippen molar-refractivity contribution in [2.45, 2.75) is 25.8 Å². The van der Waals surface area contributed by atoms with Crippen LogP contribution in [0.3, 0.4) is 0 Å². The van der Waals surface area contributed by atoms with Crippen LogP contribution in [0, 0.1) is 5.92 Å². The highest BCUT2D eigenvalue weighted by molar-refractivity contribution is 9.10. The molecule has 3 rings (SSSR count). The number of hydrogen-bond acceptors (Lipinski definition) is 2. The van der Waals surface area contributed by atoms with Gasteiger partial charge < -0.3 is 9.88 Å². The molecular formula is C16H20BrN3. The molecule has 1 fully saturated rings. The van der Waals surface area contributed by atoms with E-state index in [9.17, 15) is 0 Å². The van der Waals surface area contributed by atoms with E-state index in [2.05, 4.69) is 55.9 Å². The number of imidazole rings is 1. The molecule has 1 aliphatic rings. The summed E-state index contributed by atoms with van der Waals surface area (Å²) in [4.78, 5) is 4.38. The molecular weight excluding hydrogens is 314 g/mol. The van der Waals surface area contributed by atoms with E-state index in [4.69, 9.17) is 0 Å². The van der Waals surface area contributed by atoms with Crippen molar-refractivity contribution in [3.8, 4) is 11.3 Å². The van der Waals surface area contributed by atoms with Gasteiger partial charge >= 0.3 is 0 Å². The molecule has 0 spiro atoms. The molecule has 106 valence electrons. The molecule has 2 unspecified atom stereocenters. The van der Waals surface area contributed by atoms with Crippen molar-refractivity contribution in [1.82, 2.24) is 14.9 Å². The Labute approximate surface area is 128 Å². The van der Waals surface area contributed by atoms with E-state index in [1.165, 1.54) is 24.1 Å². The Kier molecular flexibility index (Phi) is 4.22. The van der Waals surface area contributed by atoms with Crippen molar-refractivity contribution in [1.29, 1.82) is 0 Å². The Bertz CT molecular complexity index is 573. The zero-order valence-corrected chi connectivity index (χ0v) is 13.3. The minimum atomic E-state index is 0.465. The third-order valence-corrected chi connectivity index (χ3v) is 4.96. The zero-order valence-electron chi connectivity index (χ0n) is 11.7. The van der Waals surface area contributed by atoms with Gasteiger partial charge in [0.1, 0.15) is 0 Å². The lowest BCUT2D eigenvalue weighted by Crippen LogP contribution is -2.34. The van der Waals surface area contributed by atoms with Crippen molar-refractivity contribution < 1.29 is 0 Å². The SMILES string of the molecule is CC(C1CCCNC1)n1cncc1-c1ccccc1Br. The van der Waals surface area contributed by atoms with Crippen LogP contribution in [0.2, 0.25) is 0 Å². The molecule has 0 saturated carbocycles. The molecule has 20 heavy (non-hydrogen) atoms. The first-order chi connectivity index (χ1) is 9.77. The minimum Gasteiger partial charge on any atom is -0.327 e. The number of aromatic nitrogens is 2. The van der Waals surface area contributed by atoms with Crippen LogP contribution in [-0.2, 0) is 0 Å². The molecule has 4 heteroatoms. The first kappa shape index (κ1) is 13.8. The van der Waals surface area contributed by atoms with Crippen LogP contribution in [0.25, 0.3) is 11.3 Å². The summed E-state index contributed by atoms with van der Waals surface area (Å²) in [7, 11) is 0. The van der Waals surface area contributed by atoms with Crippen LogP contribution in [0.1, 0.15) is 25.8 Å². The van der Waals surface area contributed by atoms with Crippen LogP contribution in [0.5, 0.6) is 0 Å². The zero-order chi connectivity index (χ0) is 13.9. The number of rotatable bonds is 3. The van der Waals surface area contributed by atoms with Gasteiger partial charge in [-0.3, -0.25) is 0 Å². The second-order valence-electron chi connectivity index (χ2n) is 5.51. The van der Waals surface area contributed by atoms with Crippen LogP contribution in [-0.4, -0.2) is 22.6 Å². The second kappa shape index (κ2) is 6.10. The molecule has 1 aromatic heterocycles. The fourth-order valence-electron chi connectivity index (χ4n) is 3.02. The van der Waals surface area contributed by atoms with Crippen molar-refractivity contribution in [3.05, 3.63) is 41.3 Å². The van der Waals surface area contributed by atoms with Crippen LogP contribution < -0.4 is 5.32 Å². The molecule has 1 aliphatic heterocycles. The Balaban J connectivity index is 1.92. The highest BCUT2D eigenvalue weighted by Crippen LogP contribution is 2.32. The van der Waals surface area contributed by atoms with Crippen molar-refractivity contribution in [3.63, 3.8) is 0 Å². The van der Waals surface area contributed by atoms with E-state index in [1.807, 2.05) is 18.6 Å². The lowest BCUT2D eigenvalue weighted by atomic mass is 9.92. The van der Waals surface area contributed by atoms with Gasteiger partial charge in [0.15, 0.2) is 0 Å². The molecule has 1 saturated heterocycles. The lowest BCUT2D eigenvalue weighted by Gasteiger charge is -2.30. The summed E-state index contributed by atoms with van der Waals surface area (Å²) in [5.41, 5.74) is 2.40. The van der Waals surface area contributed by atoms with Crippen molar-refractivity contribution in [2.75, 3.05) is 13.1 Å². The second-order valence-corrected chi connectivity index (χ2v) is 6.37. The summed E-state index contributed by atoms with van der Waals surface area (Å²) in [6, 6.07) is 8.81. The van der Waals surface area contributed by atoms with Crippen LogP contribution in [0.15, 0.2) is 41.3 Å². The fourth-order valence-corrected chi connectivity index (χ4v) is 3.51. The smallest absolute Gasteiger partial charge is 0.0953 e. The molecule has 1 N–H and O–H groups in total. The van der Waals surface area contributed by atoms with Crippen molar-refractivity contribution in [2.24, 2.45) is 5.92 Å². The molecule has 3 nitrogen and oxygen atoms in total. The molecule has 0 amide bonds. The molecule has 0 radical (unpaired) electrons. The van der Waals surface area contributed by atoms with Crippen molar-refractivity contribution >= 4 is 15.9 Å². The van der Waals surface area contributed by atoms with Gasteiger partial charge in [-0.05, 0) is 44.8 Å². The number of halogens is 1. The van der Waals surface area contributed by atoms with E-state index >= 15 is 0 Å². The first-order valence-electron chi connectivity index (χ1n) is 7.25. The maximum atomic E-state index is 4.38. The standard InChI is InChI=1S/C16H20BrN3/c1-12(13-5-4-8-18-9-13)20-11-19-10-16(20)14-6-2-3-7-15(14)17/h2-3,6-7,10-13,18H,4-5,8-9H2,1H3. The molecule has 2 heterocycles. The minimum absolute atomic E-state index is 0.465. The summed E-state index contributed by atoms with van der Waals surface area (Å²) in [5, 5.41) is 3.51. The van der Waals surface area contributed by atoms with E-state index in [1.54, 1.807) is 0 Å². The predicted octanol–water partition coefficient (Wildman–Crippen LogP) is 3.87. The number of hydrogen-bond donors (Lipinski definition) is 1. The van der Waals surface area contributed by atoms with Gasteiger partial charge in [0.2, 0.25) is 0 Å². The van der Waals surface area contributed by atoms with E-state index < -0.39 is 0 Å². The highest BCUT2D eigenvalue weighted by atomic mass is 79.9. The normalized spacial score (nSPS) is 20.8. The predicted molar refractivity (Wildman–Crippen MR) is 85.7 cm³/mol. The summed E-state index contributed by atoms with van der Waals surface area (Å²) < 4.78 is 3.44. The van der Waals surface area contributed by atoms with Gasteiger partial charge in [-0.1, -0.05) is 34.1 Å². The molecule has 0 aliphatic carbocycles. The fraction of sp³-hybridized carbons (Fsp3) is 0.438. The molecule has 2 atom stereocenters. The number of piperidine rings is 1. The van der Waals surface area contributed by atoms with Gasteiger partial charge in [-0.15, -0.1) is 0 Å². The van der Waals surface area contributed by atoms with Crippen LogP contribution >= 0.6 is 15.9 Å². The maximum absolute atomic E-state index is 4.38. The van der Waals surface area contributed by atoms with Gasteiger partial charge in [0, 0.05) is 16.1 Å². The van der Waals surface area contributed by atoms with Gasteiger partial charge in [0.25, 0.3) is 0 Å². The summed E-state index contributed by atoms with van der Waals surface area (Å²) in [6.45, 7) is 4.57. The highest BCUT2D eigenvalue weighted by Gasteiger charge is 2.23. The monoisotopic (exact) mass is 333 g/mol.